The molecule has 1 saturated heterocycles. The van der Waals surface area contributed by atoms with Crippen LogP contribution in [-0.4, -0.2) is 27.7 Å². The lowest BCUT2D eigenvalue weighted by Crippen LogP contribution is -2.26. The molecule has 2 atom stereocenters. The summed E-state index contributed by atoms with van der Waals surface area (Å²) in [6, 6.07) is 4.99. The molecule has 0 aromatic heterocycles. The lowest BCUT2D eigenvalue weighted by Gasteiger charge is -2.21. The van der Waals surface area contributed by atoms with Crippen molar-refractivity contribution in [2.24, 2.45) is 11.1 Å². The lowest BCUT2D eigenvalue weighted by atomic mass is 10.0. The number of anilines is 1. The summed E-state index contributed by atoms with van der Waals surface area (Å²) in [7, 11) is -3.66. The monoisotopic (exact) mass is 348 g/mol. The van der Waals surface area contributed by atoms with Crippen molar-refractivity contribution in [3.8, 4) is 0 Å². The maximum atomic E-state index is 11.2. The molecule has 1 aromatic rings. The van der Waals surface area contributed by atoms with E-state index in [1.807, 2.05) is 0 Å². The van der Waals surface area contributed by atoms with Crippen LogP contribution in [0.4, 0.5) is 5.69 Å². The molecule has 0 saturated carbocycles. The van der Waals surface area contributed by atoms with E-state index in [4.69, 9.17) is 9.88 Å². The Labute approximate surface area is 121 Å². The van der Waals surface area contributed by atoms with Crippen molar-refractivity contribution < 1.29 is 13.2 Å². The van der Waals surface area contributed by atoms with Crippen LogP contribution in [0.15, 0.2) is 27.6 Å². The molecule has 0 aliphatic carbocycles. The Balaban J connectivity index is 2.13. The number of rotatable bonds is 4. The molecule has 1 heterocycles. The molecule has 0 bridgehead atoms. The summed E-state index contributed by atoms with van der Waals surface area (Å²) < 4.78 is 28.5. The minimum Gasteiger partial charge on any atom is -0.381 e. The molecule has 0 spiro atoms. The maximum Gasteiger partial charge on any atom is 0.238 e. The Morgan fingerprint density at radius 1 is 1.53 bits per heavy atom. The summed E-state index contributed by atoms with van der Waals surface area (Å²) in [4.78, 5) is 0.0989. The fraction of sp³-hybridized carbons (Fsp3) is 0.500. The first-order valence-electron chi connectivity index (χ1n) is 6.04. The molecular formula is C12H17BrN2O3S. The molecule has 3 N–H and O–H groups in total. The van der Waals surface area contributed by atoms with E-state index in [1.165, 1.54) is 12.1 Å². The fourth-order valence-electron chi connectivity index (χ4n) is 2.10. The van der Waals surface area contributed by atoms with E-state index in [0.717, 1.165) is 25.3 Å². The molecule has 106 valence electrons. The molecule has 2 unspecified atom stereocenters. The minimum absolute atomic E-state index is 0.0989. The van der Waals surface area contributed by atoms with E-state index in [-0.39, 0.29) is 10.9 Å². The van der Waals surface area contributed by atoms with Gasteiger partial charge < -0.3 is 10.1 Å². The van der Waals surface area contributed by atoms with Gasteiger partial charge in [0, 0.05) is 28.7 Å². The predicted molar refractivity (Wildman–Crippen MR) is 77.5 cm³/mol. The molecule has 5 nitrogen and oxygen atoms in total. The Morgan fingerprint density at radius 2 is 2.26 bits per heavy atom. The molecular weight excluding hydrogens is 332 g/mol. The van der Waals surface area contributed by atoms with Crippen LogP contribution in [0.5, 0.6) is 0 Å². The van der Waals surface area contributed by atoms with Crippen molar-refractivity contribution in [2.45, 2.75) is 24.3 Å². The molecule has 1 aromatic carbocycles. The van der Waals surface area contributed by atoms with Gasteiger partial charge in [-0.25, -0.2) is 13.6 Å². The van der Waals surface area contributed by atoms with Crippen LogP contribution in [0.25, 0.3) is 0 Å². The number of hydrogen-bond acceptors (Lipinski definition) is 4. The number of ether oxygens (including phenoxy) is 1. The highest BCUT2D eigenvalue weighted by molar-refractivity contribution is 9.10. The Bertz CT molecular complexity index is 556. The van der Waals surface area contributed by atoms with E-state index < -0.39 is 10.0 Å². The number of nitrogens with two attached hydrogens (primary N) is 1. The summed E-state index contributed by atoms with van der Waals surface area (Å²) in [5, 5.41) is 8.46. The first-order chi connectivity index (χ1) is 8.88. The largest absolute Gasteiger partial charge is 0.381 e. The van der Waals surface area contributed by atoms with Crippen molar-refractivity contribution >= 4 is 31.6 Å². The average molecular weight is 349 g/mol. The third-order valence-corrected chi connectivity index (χ3v) is 4.89. The topological polar surface area (TPSA) is 81.4 Å². The SMILES string of the molecule is CC(Nc1ccc(S(N)(=O)=O)cc1Br)C1CCOC1. The number of hydrogen-bond donors (Lipinski definition) is 2. The van der Waals surface area contributed by atoms with Gasteiger partial charge in [0.1, 0.15) is 0 Å². The molecule has 1 aliphatic heterocycles. The first-order valence-corrected chi connectivity index (χ1v) is 8.38. The number of nitrogens with one attached hydrogen (secondary N) is 1. The van der Waals surface area contributed by atoms with Gasteiger partial charge in [0.15, 0.2) is 0 Å². The molecule has 7 heteroatoms. The molecule has 2 rings (SSSR count). The third kappa shape index (κ3) is 3.68. The zero-order valence-electron chi connectivity index (χ0n) is 10.6. The van der Waals surface area contributed by atoms with Gasteiger partial charge in [-0.15, -0.1) is 0 Å². The number of sulfonamides is 1. The lowest BCUT2D eigenvalue weighted by molar-refractivity contribution is 0.183. The predicted octanol–water partition coefficient (Wildman–Crippen LogP) is 1.93. The van der Waals surface area contributed by atoms with Crippen LogP contribution in [-0.2, 0) is 14.8 Å². The van der Waals surface area contributed by atoms with Crippen LogP contribution < -0.4 is 10.5 Å². The standard InChI is InChI=1S/C12H17BrN2O3S/c1-8(9-4-5-18-7-9)15-12-3-2-10(6-11(12)13)19(14,16)17/h2-3,6,8-9,15H,4-5,7H2,1H3,(H2,14,16,17). The van der Waals surface area contributed by atoms with Gasteiger partial charge in [0.25, 0.3) is 0 Å². The Hall–Kier alpha value is -0.630. The number of benzene rings is 1. The van der Waals surface area contributed by atoms with Crippen molar-refractivity contribution in [3.05, 3.63) is 22.7 Å². The van der Waals surface area contributed by atoms with Crippen molar-refractivity contribution in [1.29, 1.82) is 0 Å². The molecule has 0 radical (unpaired) electrons. The Kier molecular flexibility index (Phi) is 4.50. The van der Waals surface area contributed by atoms with Crippen LogP contribution in [0.3, 0.4) is 0 Å². The first kappa shape index (κ1) is 14.8. The molecule has 1 aliphatic rings. The fourth-order valence-corrected chi connectivity index (χ4v) is 3.28. The van der Waals surface area contributed by atoms with Crippen LogP contribution in [0, 0.1) is 5.92 Å². The second kappa shape index (κ2) is 5.78. The van der Waals surface area contributed by atoms with Crippen molar-refractivity contribution in [2.75, 3.05) is 18.5 Å². The van der Waals surface area contributed by atoms with Crippen molar-refractivity contribution in [1.82, 2.24) is 0 Å². The summed E-state index contributed by atoms with van der Waals surface area (Å²) >= 11 is 3.36. The van der Waals surface area contributed by atoms with E-state index in [2.05, 4.69) is 28.2 Å². The maximum absolute atomic E-state index is 11.2. The quantitative estimate of drug-likeness (QED) is 0.870. The zero-order chi connectivity index (χ0) is 14.0. The number of primary sulfonamides is 1. The van der Waals surface area contributed by atoms with E-state index in [0.29, 0.717) is 10.4 Å². The highest BCUT2D eigenvalue weighted by Crippen LogP contribution is 2.28. The van der Waals surface area contributed by atoms with Crippen LogP contribution in [0.2, 0.25) is 0 Å². The normalized spacial score (nSPS) is 21.3. The van der Waals surface area contributed by atoms with E-state index in [9.17, 15) is 8.42 Å². The van der Waals surface area contributed by atoms with Gasteiger partial charge in [-0.2, -0.15) is 0 Å². The zero-order valence-corrected chi connectivity index (χ0v) is 13.0. The van der Waals surface area contributed by atoms with Gasteiger partial charge in [-0.3, -0.25) is 0 Å². The van der Waals surface area contributed by atoms with Crippen molar-refractivity contribution in [3.63, 3.8) is 0 Å². The number of halogens is 1. The van der Waals surface area contributed by atoms with Crippen LogP contribution >= 0.6 is 15.9 Å². The average Bonchev–Trinajstić information content (AvgIpc) is 2.84. The highest BCUT2D eigenvalue weighted by Gasteiger charge is 2.22. The molecule has 0 amide bonds. The molecule has 1 fully saturated rings. The third-order valence-electron chi connectivity index (χ3n) is 3.32. The van der Waals surface area contributed by atoms with Gasteiger partial charge in [0.05, 0.1) is 11.5 Å². The van der Waals surface area contributed by atoms with Gasteiger partial charge >= 0.3 is 0 Å². The summed E-state index contributed by atoms with van der Waals surface area (Å²) in [5.74, 6) is 0.477. The van der Waals surface area contributed by atoms with E-state index >= 15 is 0 Å². The Morgan fingerprint density at radius 3 is 2.79 bits per heavy atom. The van der Waals surface area contributed by atoms with E-state index in [1.54, 1.807) is 6.07 Å². The molecule has 19 heavy (non-hydrogen) atoms. The smallest absolute Gasteiger partial charge is 0.238 e. The van der Waals surface area contributed by atoms with Gasteiger partial charge in [0.2, 0.25) is 10.0 Å². The van der Waals surface area contributed by atoms with Gasteiger partial charge in [-0.05, 0) is 47.5 Å². The summed E-state index contributed by atoms with van der Waals surface area (Å²) in [5.41, 5.74) is 0.854. The second-order valence-electron chi connectivity index (χ2n) is 4.74. The summed E-state index contributed by atoms with van der Waals surface area (Å²) in [6.45, 7) is 3.67. The van der Waals surface area contributed by atoms with Gasteiger partial charge in [-0.1, -0.05) is 0 Å². The summed E-state index contributed by atoms with van der Waals surface area (Å²) in [6.07, 6.45) is 1.04. The van der Waals surface area contributed by atoms with Crippen LogP contribution in [0.1, 0.15) is 13.3 Å². The minimum atomic E-state index is -3.66. The highest BCUT2D eigenvalue weighted by atomic mass is 79.9. The second-order valence-corrected chi connectivity index (χ2v) is 7.16.